The molecule has 3 aromatic heterocycles. The summed E-state index contributed by atoms with van der Waals surface area (Å²) in [7, 11) is 0. The number of fused-ring (bicyclic) bond motifs is 1. The van der Waals surface area contributed by atoms with Gasteiger partial charge in [-0.2, -0.15) is 10.2 Å². The Morgan fingerprint density at radius 1 is 1.53 bits per heavy atom. The van der Waals surface area contributed by atoms with Crippen molar-refractivity contribution in [1.82, 2.24) is 19.5 Å². The fraction of sp³-hybridized carbons (Fsp3) is 0.0909. The molecule has 3 heterocycles. The molecule has 0 radical (unpaired) electrons. The number of rotatable bonds is 2. The van der Waals surface area contributed by atoms with E-state index in [1.165, 1.54) is 6.33 Å². The van der Waals surface area contributed by atoms with Gasteiger partial charge in [-0.3, -0.25) is 9.78 Å². The number of nitrogens with one attached hydrogen (secondary N) is 1. The van der Waals surface area contributed by atoms with Gasteiger partial charge < -0.3 is 14.7 Å². The van der Waals surface area contributed by atoms with Crippen LogP contribution in [0.15, 0.2) is 27.7 Å². The van der Waals surface area contributed by atoms with E-state index >= 15 is 0 Å². The third kappa shape index (κ3) is 1.83. The number of nitrogen functional groups attached to an aromatic ring is 1. The zero-order valence-corrected chi connectivity index (χ0v) is 9.62. The van der Waals surface area contributed by atoms with E-state index in [1.807, 2.05) is 6.07 Å². The molecule has 0 unspecified atom stereocenters. The summed E-state index contributed by atoms with van der Waals surface area (Å²) in [5, 5.41) is 8.68. The lowest BCUT2D eigenvalue weighted by Gasteiger charge is -2.00. The van der Waals surface area contributed by atoms with Crippen LogP contribution in [0.5, 0.6) is 0 Å². The second-order valence-corrected chi connectivity index (χ2v) is 3.87. The maximum absolute atomic E-state index is 11.6. The van der Waals surface area contributed by atoms with Gasteiger partial charge in [0, 0.05) is 0 Å². The van der Waals surface area contributed by atoms with E-state index in [0.717, 1.165) is 0 Å². The highest BCUT2D eigenvalue weighted by molar-refractivity contribution is 5.70. The average Bonchev–Trinajstić information content (AvgIpc) is 2.97. The summed E-state index contributed by atoms with van der Waals surface area (Å²) in [4.78, 5) is 22.0. The van der Waals surface area contributed by atoms with Crippen LogP contribution in [0.25, 0.3) is 11.2 Å². The number of hydrogen-bond donors (Lipinski definition) is 2. The van der Waals surface area contributed by atoms with Crippen LogP contribution in [0.3, 0.4) is 0 Å². The summed E-state index contributed by atoms with van der Waals surface area (Å²) < 4.78 is 6.89. The van der Waals surface area contributed by atoms with E-state index in [0.29, 0.717) is 18.0 Å². The van der Waals surface area contributed by atoms with Gasteiger partial charge in [0.15, 0.2) is 11.2 Å². The summed E-state index contributed by atoms with van der Waals surface area (Å²) in [5.41, 5.74) is 5.69. The van der Waals surface area contributed by atoms with Gasteiger partial charge >= 0.3 is 0 Å². The molecular weight excluding hydrogens is 248 g/mol. The van der Waals surface area contributed by atoms with E-state index in [-0.39, 0.29) is 17.2 Å². The minimum absolute atomic E-state index is 0.0245. The molecule has 0 amide bonds. The Bertz CT molecular complexity index is 850. The van der Waals surface area contributed by atoms with Crippen LogP contribution in [0.4, 0.5) is 5.95 Å². The molecule has 19 heavy (non-hydrogen) atoms. The number of anilines is 1. The Hall–Kier alpha value is -3.08. The Morgan fingerprint density at radius 3 is 3.11 bits per heavy atom. The van der Waals surface area contributed by atoms with Gasteiger partial charge in [0.2, 0.25) is 11.7 Å². The zero-order valence-electron chi connectivity index (χ0n) is 9.62. The van der Waals surface area contributed by atoms with E-state index < -0.39 is 5.56 Å². The quantitative estimate of drug-likeness (QED) is 0.675. The van der Waals surface area contributed by atoms with Crippen molar-refractivity contribution < 1.29 is 4.42 Å². The molecule has 0 bridgehead atoms. The van der Waals surface area contributed by atoms with Crippen LogP contribution in [0.1, 0.15) is 11.5 Å². The molecule has 94 valence electrons. The van der Waals surface area contributed by atoms with Crippen molar-refractivity contribution in [3.63, 3.8) is 0 Å². The SMILES string of the molecule is N#Cc1ccc(Cn2cnc3c(=O)[nH]c(N)nc32)o1. The topological polar surface area (TPSA) is 127 Å². The second kappa shape index (κ2) is 3.99. The van der Waals surface area contributed by atoms with Crippen molar-refractivity contribution in [2.24, 2.45) is 0 Å². The number of H-pyrrole nitrogens is 1. The summed E-state index contributed by atoms with van der Waals surface area (Å²) in [6.45, 7) is 0.314. The molecule has 0 aliphatic rings. The van der Waals surface area contributed by atoms with Crippen LogP contribution in [-0.4, -0.2) is 19.5 Å². The lowest BCUT2D eigenvalue weighted by molar-refractivity contribution is 0.485. The summed E-state index contributed by atoms with van der Waals surface area (Å²) in [6, 6.07) is 5.15. The van der Waals surface area contributed by atoms with Crippen molar-refractivity contribution in [3.8, 4) is 6.07 Å². The standard InChI is InChI=1S/C11H8N6O2/c12-3-6-1-2-7(19-6)4-17-5-14-8-9(17)15-11(13)16-10(8)18/h1-2,5H,4H2,(H3,13,15,16,18). The Kier molecular flexibility index (Phi) is 2.32. The normalized spacial score (nSPS) is 10.7. The first kappa shape index (κ1) is 11.0. The Balaban J connectivity index is 2.06. The number of nitrogens with zero attached hydrogens (tertiary/aromatic N) is 4. The fourth-order valence-corrected chi connectivity index (χ4v) is 1.78. The summed E-state index contributed by atoms with van der Waals surface area (Å²) >= 11 is 0. The summed E-state index contributed by atoms with van der Waals surface area (Å²) in [5.74, 6) is 0.817. The van der Waals surface area contributed by atoms with Crippen molar-refractivity contribution in [2.75, 3.05) is 5.73 Å². The highest BCUT2D eigenvalue weighted by Gasteiger charge is 2.11. The molecule has 0 saturated heterocycles. The molecule has 0 aromatic carbocycles. The van der Waals surface area contributed by atoms with Crippen LogP contribution >= 0.6 is 0 Å². The lowest BCUT2D eigenvalue weighted by Crippen LogP contribution is -2.12. The van der Waals surface area contributed by atoms with Crippen molar-refractivity contribution in [1.29, 1.82) is 5.26 Å². The van der Waals surface area contributed by atoms with Gasteiger partial charge in [0.05, 0.1) is 12.9 Å². The molecule has 0 spiro atoms. The molecule has 8 nitrogen and oxygen atoms in total. The third-order valence-corrected chi connectivity index (χ3v) is 2.59. The predicted molar refractivity (Wildman–Crippen MR) is 65.1 cm³/mol. The second-order valence-electron chi connectivity index (χ2n) is 3.87. The predicted octanol–water partition coefficient (Wildman–Crippen LogP) is 0.215. The van der Waals surface area contributed by atoms with E-state index in [2.05, 4.69) is 15.0 Å². The van der Waals surface area contributed by atoms with Gasteiger partial charge in [-0.05, 0) is 12.1 Å². The van der Waals surface area contributed by atoms with E-state index in [4.69, 9.17) is 15.4 Å². The molecule has 0 atom stereocenters. The highest BCUT2D eigenvalue weighted by atomic mass is 16.3. The smallest absolute Gasteiger partial charge is 0.280 e. The molecule has 3 N–H and O–H groups in total. The van der Waals surface area contributed by atoms with Gasteiger partial charge in [-0.1, -0.05) is 0 Å². The lowest BCUT2D eigenvalue weighted by atomic mass is 10.4. The monoisotopic (exact) mass is 256 g/mol. The summed E-state index contributed by atoms with van der Waals surface area (Å²) in [6.07, 6.45) is 1.47. The van der Waals surface area contributed by atoms with Gasteiger partial charge in [0.25, 0.3) is 5.56 Å². The molecule has 0 fully saturated rings. The molecule has 3 aromatic rings. The number of nitrogens with two attached hydrogens (primary N) is 1. The van der Waals surface area contributed by atoms with E-state index in [9.17, 15) is 4.79 Å². The van der Waals surface area contributed by atoms with Gasteiger partial charge in [-0.25, -0.2) is 4.98 Å². The number of imidazole rings is 1. The minimum atomic E-state index is -0.390. The first-order valence-electron chi connectivity index (χ1n) is 5.37. The van der Waals surface area contributed by atoms with E-state index in [1.54, 1.807) is 16.7 Å². The Morgan fingerprint density at radius 2 is 2.37 bits per heavy atom. The maximum Gasteiger partial charge on any atom is 0.280 e. The number of furan rings is 1. The van der Waals surface area contributed by atoms with Crippen LogP contribution < -0.4 is 11.3 Å². The van der Waals surface area contributed by atoms with Gasteiger partial charge in [0.1, 0.15) is 11.8 Å². The van der Waals surface area contributed by atoms with Crippen LogP contribution in [0, 0.1) is 11.3 Å². The first-order chi connectivity index (χ1) is 9.17. The zero-order chi connectivity index (χ0) is 13.4. The Labute approximate surface area is 106 Å². The van der Waals surface area contributed by atoms with Gasteiger partial charge in [-0.15, -0.1) is 0 Å². The third-order valence-electron chi connectivity index (χ3n) is 2.59. The molecular formula is C11H8N6O2. The number of hydrogen-bond acceptors (Lipinski definition) is 6. The van der Waals surface area contributed by atoms with Crippen molar-refractivity contribution in [2.45, 2.75) is 6.54 Å². The van der Waals surface area contributed by atoms with Crippen LogP contribution in [0.2, 0.25) is 0 Å². The molecule has 0 saturated carbocycles. The largest absolute Gasteiger partial charge is 0.449 e. The minimum Gasteiger partial charge on any atom is -0.449 e. The number of aromatic amines is 1. The van der Waals surface area contributed by atoms with Crippen molar-refractivity contribution >= 4 is 17.1 Å². The fourth-order valence-electron chi connectivity index (χ4n) is 1.78. The number of nitriles is 1. The average molecular weight is 256 g/mol. The van der Waals surface area contributed by atoms with Crippen LogP contribution in [-0.2, 0) is 6.54 Å². The maximum atomic E-state index is 11.6. The highest BCUT2D eigenvalue weighted by Crippen LogP contribution is 2.12. The molecule has 0 aliphatic heterocycles. The van der Waals surface area contributed by atoms with Crippen molar-refractivity contribution in [3.05, 3.63) is 40.3 Å². The first-order valence-corrected chi connectivity index (χ1v) is 5.37. The molecule has 0 aliphatic carbocycles. The molecule has 8 heteroatoms. The number of aromatic nitrogens is 4. The molecule has 3 rings (SSSR count).